The molecule has 0 saturated heterocycles. The molecular weight excluding hydrogens is 302 g/mol. The average Bonchev–Trinajstić information content (AvgIpc) is 2.32. The van der Waals surface area contributed by atoms with Crippen LogP contribution in [-0.4, -0.2) is 30.1 Å². The number of amides is 1. The standard InChI is InChI=1S/C12H14BrNO4/c13-9-3-1-4-10(7-9)18-8-11(15)14-6-2-5-12(16)17/h1,3-4,7H,2,5-6,8H2,(H,14,15)(H,16,17). The molecule has 0 radical (unpaired) electrons. The van der Waals surface area contributed by atoms with E-state index in [9.17, 15) is 9.59 Å². The number of hydrogen-bond donors (Lipinski definition) is 2. The second-order valence-corrected chi connectivity index (χ2v) is 4.51. The molecule has 1 aromatic carbocycles. The fourth-order valence-corrected chi connectivity index (χ4v) is 1.60. The van der Waals surface area contributed by atoms with Crippen molar-refractivity contribution in [1.82, 2.24) is 5.32 Å². The van der Waals surface area contributed by atoms with Gasteiger partial charge in [-0.2, -0.15) is 0 Å². The molecule has 0 heterocycles. The summed E-state index contributed by atoms with van der Waals surface area (Å²) in [6, 6.07) is 7.18. The highest BCUT2D eigenvalue weighted by atomic mass is 79.9. The number of halogens is 1. The van der Waals surface area contributed by atoms with Crippen molar-refractivity contribution in [3.8, 4) is 5.75 Å². The lowest BCUT2D eigenvalue weighted by molar-refractivity contribution is -0.137. The van der Waals surface area contributed by atoms with Gasteiger partial charge in [-0.3, -0.25) is 9.59 Å². The zero-order chi connectivity index (χ0) is 13.4. The van der Waals surface area contributed by atoms with E-state index in [2.05, 4.69) is 21.2 Å². The maximum atomic E-state index is 11.4. The topological polar surface area (TPSA) is 75.6 Å². The number of carboxylic acid groups (broad SMARTS) is 1. The Morgan fingerprint density at radius 2 is 2.17 bits per heavy atom. The molecule has 0 unspecified atom stereocenters. The van der Waals surface area contributed by atoms with Crippen LogP contribution in [0.3, 0.4) is 0 Å². The highest BCUT2D eigenvalue weighted by molar-refractivity contribution is 9.10. The lowest BCUT2D eigenvalue weighted by atomic mass is 10.3. The predicted molar refractivity (Wildman–Crippen MR) is 69.5 cm³/mol. The molecule has 1 amide bonds. The number of carbonyl (C=O) groups is 2. The first-order chi connectivity index (χ1) is 8.58. The van der Waals surface area contributed by atoms with Crippen LogP contribution in [0, 0.1) is 0 Å². The van der Waals surface area contributed by atoms with Gasteiger partial charge in [-0.25, -0.2) is 0 Å². The van der Waals surface area contributed by atoms with E-state index < -0.39 is 5.97 Å². The van der Waals surface area contributed by atoms with Crippen LogP contribution in [0.15, 0.2) is 28.7 Å². The Hall–Kier alpha value is -1.56. The van der Waals surface area contributed by atoms with Gasteiger partial charge in [0.15, 0.2) is 6.61 Å². The Labute approximate surface area is 113 Å². The SMILES string of the molecule is O=C(O)CCCNC(=O)COc1cccc(Br)c1. The van der Waals surface area contributed by atoms with E-state index in [4.69, 9.17) is 9.84 Å². The van der Waals surface area contributed by atoms with Crippen LogP contribution in [-0.2, 0) is 9.59 Å². The summed E-state index contributed by atoms with van der Waals surface area (Å²) in [6.07, 6.45) is 0.463. The molecule has 0 aromatic heterocycles. The van der Waals surface area contributed by atoms with Gasteiger partial charge in [0.1, 0.15) is 5.75 Å². The van der Waals surface area contributed by atoms with Gasteiger partial charge in [0.2, 0.25) is 0 Å². The van der Waals surface area contributed by atoms with Gasteiger partial charge >= 0.3 is 5.97 Å². The van der Waals surface area contributed by atoms with Crippen LogP contribution in [0.5, 0.6) is 5.75 Å². The smallest absolute Gasteiger partial charge is 0.303 e. The van der Waals surface area contributed by atoms with Crippen LogP contribution in [0.1, 0.15) is 12.8 Å². The van der Waals surface area contributed by atoms with E-state index in [1.165, 1.54) is 0 Å². The normalized spacial score (nSPS) is 9.83. The minimum Gasteiger partial charge on any atom is -0.484 e. The van der Waals surface area contributed by atoms with E-state index in [1.54, 1.807) is 12.1 Å². The van der Waals surface area contributed by atoms with E-state index >= 15 is 0 Å². The Morgan fingerprint density at radius 3 is 2.83 bits per heavy atom. The molecule has 6 heteroatoms. The van der Waals surface area contributed by atoms with E-state index in [1.807, 2.05) is 12.1 Å². The van der Waals surface area contributed by atoms with Crippen molar-refractivity contribution in [3.05, 3.63) is 28.7 Å². The monoisotopic (exact) mass is 315 g/mol. The second-order valence-electron chi connectivity index (χ2n) is 3.59. The molecular formula is C12H14BrNO4. The summed E-state index contributed by atoms with van der Waals surface area (Å²) in [6.45, 7) is 0.260. The minimum atomic E-state index is -0.866. The van der Waals surface area contributed by atoms with Crippen molar-refractivity contribution < 1.29 is 19.4 Å². The zero-order valence-corrected chi connectivity index (χ0v) is 11.3. The summed E-state index contributed by atoms with van der Waals surface area (Å²) >= 11 is 3.30. The molecule has 1 aromatic rings. The summed E-state index contributed by atoms with van der Waals surface area (Å²) < 4.78 is 6.15. The van der Waals surface area contributed by atoms with Gasteiger partial charge in [0.05, 0.1) is 0 Å². The first-order valence-corrected chi connectivity index (χ1v) is 6.24. The third-order valence-electron chi connectivity index (χ3n) is 2.06. The molecule has 0 spiro atoms. The first kappa shape index (κ1) is 14.5. The average molecular weight is 316 g/mol. The number of benzene rings is 1. The quantitative estimate of drug-likeness (QED) is 0.752. The molecule has 0 fully saturated rings. The van der Waals surface area contributed by atoms with Crippen molar-refractivity contribution in [2.24, 2.45) is 0 Å². The minimum absolute atomic E-state index is 0.0484. The summed E-state index contributed by atoms with van der Waals surface area (Å²) in [5, 5.41) is 11.0. The number of nitrogens with one attached hydrogen (secondary N) is 1. The molecule has 5 nitrogen and oxygen atoms in total. The number of carbonyl (C=O) groups excluding carboxylic acids is 1. The van der Waals surface area contributed by atoms with E-state index in [-0.39, 0.29) is 18.9 Å². The van der Waals surface area contributed by atoms with Crippen LogP contribution in [0.4, 0.5) is 0 Å². The van der Waals surface area contributed by atoms with Gasteiger partial charge in [0.25, 0.3) is 5.91 Å². The first-order valence-electron chi connectivity index (χ1n) is 5.45. The fraction of sp³-hybridized carbons (Fsp3) is 0.333. The van der Waals surface area contributed by atoms with Crippen molar-refractivity contribution in [2.75, 3.05) is 13.2 Å². The lowest BCUT2D eigenvalue weighted by Crippen LogP contribution is -2.29. The van der Waals surface area contributed by atoms with Crippen LogP contribution >= 0.6 is 15.9 Å². The van der Waals surface area contributed by atoms with Crippen molar-refractivity contribution in [1.29, 1.82) is 0 Å². The van der Waals surface area contributed by atoms with Crippen LogP contribution in [0.2, 0.25) is 0 Å². The maximum Gasteiger partial charge on any atom is 0.303 e. The predicted octanol–water partition coefficient (Wildman–Crippen LogP) is 1.81. The summed E-state index contributed by atoms with van der Waals surface area (Å²) in [5.74, 6) is -0.528. The largest absolute Gasteiger partial charge is 0.484 e. The molecule has 18 heavy (non-hydrogen) atoms. The second kappa shape index (κ2) is 7.71. The molecule has 0 aliphatic rings. The number of aliphatic carboxylic acids is 1. The summed E-state index contributed by atoms with van der Waals surface area (Å²) in [5.41, 5.74) is 0. The zero-order valence-electron chi connectivity index (χ0n) is 9.69. The van der Waals surface area contributed by atoms with Crippen molar-refractivity contribution in [3.63, 3.8) is 0 Å². The van der Waals surface area contributed by atoms with Gasteiger partial charge in [-0.1, -0.05) is 22.0 Å². The highest BCUT2D eigenvalue weighted by Crippen LogP contribution is 2.17. The lowest BCUT2D eigenvalue weighted by Gasteiger charge is -2.07. The van der Waals surface area contributed by atoms with Crippen molar-refractivity contribution in [2.45, 2.75) is 12.8 Å². The van der Waals surface area contributed by atoms with Gasteiger partial charge < -0.3 is 15.2 Å². The Balaban J connectivity index is 2.19. The number of rotatable bonds is 7. The Morgan fingerprint density at radius 1 is 1.39 bits per heavy atom. The van der Waals surface area contributed by atoms with Crippen LogP contribution in [0.25, 0.3) is 0 Å². The molecule has 0 bridgehead atoms. The maximum absolute atomic E-state index is 11.4. The molecule has 0 saturated carbocycles. The van der Waals surface area contributed by atoms with Gasteiger partial charge in [-0.15, -0.1) is 0 Å². The van der Waals surface area contributed by atoms with E-state index in [0.717, 1.165) is 4.47 Å². The molecule has 0 aliphatic heterocycles. The van der Waals surface area contributed by atoms with E-state index in [0.29, 0.717) is 18.7 Å². The molecule has 0 atom stereocenters. The third-order valence-corrected chi connectivity index (χ3v) is 2.55. The Kier molecular flexibility index (Phi) is 6.21. The molecule has 98 valence electrons. The summed E-state index contributed by atoms with van der Waals surface area (Å²) in [7, 11) is 0. The Bertz CT molecular complexity index is 422. The van der Waals surface area contributed by atoms with Gasteiger partial charge in [0, 0.05) is 17.4 Å². The molecule has 1 rings (SSSR count). The fourth-order valence-electron chi connectivity index (χ4n) is 1.22. The van der Waals surface area contributed by atoms with Crippen LogP contribution < -0.4 is 10.1 Å². The molecule has 0 aliphatic carbocycles. The highest BCUT2D eigenvalue weighted by Gasteiger charge is 2.03. The molecule has 2 N–H and O–H groups in total. The number of ether oxygens (including phenoxy) is 1. The van der Waals surface area contributed by atoms with Crippen molar-refractivity contribution >= 4 is 27.8 Å². The van der Waals surface area contributed by atoms with Gasteiger partial charge in [-0.05, 0) is 24.6 Å². The number of hydrogen-bond acceptors (Lipinski definition) is 3. The summed E-state index contributed by atoms with van der Waals surface area (Å²) in [4.78, 5) is 21.6. The number of carboxylic acids is 1. The third kappa shape index (κ3) is 6.24.